The number of nitrogens with one attached hydrogen (secondary N) is 5. The van der Waals surface area contributed by atoms with Crippen molar-refractivity contribution in [2.45, 2.75) is 6.54 Å². The zero-order chi connectivity index (χ0) is 34.1. The van der Waals surface area contributed by atoms with Crippen LogP contribution >= 0.6 is 0 Å². The van der Waals surface area contributed by atoms with Crippen LogP contribution in [0.15, 0.2) is 103 Å². The first-order chi connectivity index (χ1) is 24.0. The van der Waals surface area contributed by atoms with Gasteiger partial charge in [-0.1, -0.05) is 18.2 Å². The van der Waals surface area contributed by atoms with E-state index in [4.69, 9.17) is 9.47 Å². The molecule has 0 aliphatic heterocycles. The van der Waals surface area contributed by atoms with Gasteiger partial charge >= 0.3 is 0 Å². The Morgan fingerprint density at radius 3 is 1.80 bits per heavy atom. The average Bonchev–Trinajstić information content (AvgIpc) is 3.13. The molecule has 0 aliphatic carbocycles. The van der Waals surface area contributed by atoms with Gasteiger partial charge in [0.1, 0.15) is 5.75 Å². The number of aromatic nitrogens is 4. The normalized spacial score (nSPS) is 10.6. The lowest BCUT2D eigenvalue weighted by molar-refractivity contribution is 0.0519. The summed E-state index contributed by atoms with van der Waals surface area (Å²) >= 11 is 0. The van der Waals surface area contributed by atoms with E-state index in [1.165, 1.54) is 0 Å². The summed E-state index contributed by atoms with van der Waals surface area (Å²) in [6.07, 6.45) is 3.36. The maximum atomic E-state index is 12.6. The number of carbonyl (C=O) groups is 2. The maximum absolute atomic E-state index is 12.6. The van der Waals surface area contributed by atoms with Crippen molar-refractivity contribution in [3.63, 3.8) is 0 Å². The lowest BCUT2D eigenvalue weighted by Crippen LogP contribution is -2.27. The second kappa shape index (κ2) is 18.3. The van der Waals surface area contributed by atoms with Crippen molar-refractivity contribution in [2.75, 3.05) is 55.5 Å². The number of pyridine rings is 1. The number of carbonyl (C=O) groups excluding carboxylic acids is 2. The van der Waals surface area contributed by atoms with E-state index in [-0.39, 0.29) is 29.5 Å². The van der Waals surface area contributed by atoms with E-state index in [9.17, 15) is 14.7 Å². The summed E-state index contributed by atoms with van der Waals surface area (Å²) in [5.74, 6) is 0.644. The van der Waals surface area contributed by atoms with Gasteiger partial charge in [0.2, 0.25) is 17.8 Å². The summed E-state index contributed by atoms with van der Waals surface area (Å²) in [5, 5.41) is 24.8. The molecule has 0 aliphatic rings. The van der Waals surface area contributed by atoms with Crippen LogP contribution in [0.2, 0.25) is 0 Å². The van der Waals surface area contributed by atoms with E-state index >= 15 is 0 Å². The van der Waals surface area contributed by atoms with Crippen molar-refractivity contribution in [3.8, 4) is 5.75 Å². The monoisotopic (exact) mass is 663 g/mol. The van der Waals surface area contributed by atoms with Gasteiger partial charge in [0.25, 0.3) is 11.8 Å². The summed E-state index contributed by atoms with van der Waals surface area (Å²) in [6, 6.07) is 26.2. The molecule has 0 saturated heterocycles. The predicted octanol–water partition coefficient (Wildman–Crippen LogP) is 4.26. The molecule has 2 aromatic heterocycles. The highest BCUT2D eigenvalue weighted by Gasteiger charge is 2.10. The summed E-state index contributed by atoms with van der Waals surface area (Å²) in [7, 11) is 0. The SMILES string of the molecule is O=C(NCCOCCOCCNc1nc(Nc2ccc(O)cc2)nc(Nc2ccc(C(=O)NCc3ccncc3)cc2)n1)c1ccccc1. The molecular weight excluding hydrogens is 626 g/mol. The standard InChI is InChI=1S/C35H37N9O5/c45-30-12-10-29(11-13-30)41-35-43-33(38-19-21-49-23-22-48-20-18-37-31(46)26-4-2-1-3-5-26)42-34(44-35)40-28-8-6-27(7-9-28)32(47)39-24-25-14-16-36-17-15-25/h1-17,45H,18-24H2,(H,37,46)(H,39,47)(H3,38,40,41,42,43,44). The Morgan fingerprint density at radius 2 is 1.14 bits per heavy atom. The Labute approximate surface area is 283 Å². The fourth-order valence-electron chi connectivity index (χ4n) is 4.35. The number of amides is 2. The lowest BCUT2D eigenvalue weighted by atomic mass is 10.2. The fraction of sp³-hybridized carbons (Fsp3) is 0.200. The zero-order valence-electron chi connectivity index (χ0n) is 26.6. The second-order valence-corrected chi connectivity index (χ2v) is 10.5. The minimum absolute atomic E-state index is 0.139. The number of benzene rings is 3. The highest BCUT2D eigenvalue weighted by Crippen LogP contribution is 2.21. The number of phenolic OH excluding ortho intramolecular Hbond substituents is 1. The number of phenols is 1. The van der Waals surface area contributed by atoms with Gasteiger partial charge in [0, 0.05) is 54.5 Å². The van der Waals surface area contributed by atoms with Crippen molar-refractivity contribution >= 4 is 41.0 Å². The first kappa shape index (κ1) is 34.2. The molecule has 0 spiro atoms. The minimum Gasteiger partial charge on any atom is -0.508 e. The minimum atomic E-state index is -0.198. The molecule has 2 heterocycles. The molecule has 14 nitrogen and oxygen atoms in total. The fourth-order valence-corrected chi connectivity index (χ4v) is 4.35. The van der Waals surface area contributed by atoms with Gasteiger partial charge in [-0.3, -0.25) is 14.6 Å². The molecule has 5 aromatic rings. The van der Waals surface area contributed by atoms with Crippen LogP contribution < -0.4 is 26.6 Å². The second-order valence-electron chi connectivity index (χ2n) is 10.5. The third-order valence-corrected chi connectivity index (χ3v) is 6.83. The lowest BCUT2D eigenvalue weighted by Gasteiger charge is -2.12. The van der Waals surface area contributed by atoms with Crippen LogP contribution in [-0.4, -0.2) is 76.4 Å². The number of ether oxygens (including phenoxy) is 2. The van der Waals surface area contributed by atoms with E-state index < -0.39 is 0 Å². The number of aromatic hydroxyl groups is 1. The van der Waals surface area contributed by atoms with Crippen LogP contribution in [0.5, 0.6) is 5.75 Å². The van der Waals surface area contributed by atoms with Crippen molar-refractivity contribution in [1.82, 2.24) is 30.6 Å². The third kappa shape index (κ3) is 11.6. The highest BCUT2D eigenvalue weighted by molar-refractivity contribution is 5.94. The van der Waals surface area contributed by atoms with Crippen LogP contribution in [0.3, 0.4) is 0 Å². The summed E-state index contributed by atoms with van der Waals surface area (Å²) in [5.41, 5.74) is 3.41. The smallest absolute Gasteiger partial charge is 0.251 e. The largest absolute Gasteiger partial charge is 0.508 e. The number of anilines is 5. The summed E-state index contributed by atoms with van der Waals surface area (Å²) in [4.78, 5) is 42.1. The van der Waals surface area contributed by atoms with E-state index in [2.05, 4.69) is 46.5 Å². The van der Waals surface area contributed by atoms with Gasteiger partial charge < -0.3 is 41.2 Å². The van der Waals surface area contributed by atoms with Crippen LogP contribution in [0.25, 0.3) is 0 Å². The van der Waals surface area contributed by atoms with E-state index in [1.54, 1.807) is 73.1 Å². The summed E-state index contributed by atoms with van der Waals surface area (Å²) in [6.45, 7) is 2.72. The third-order valence-electron chi connectivity index (χ3n) is 6.83. The van der Waals surface area contributed by atoms with Crippen LogP contribution in [0, 0.1) is 0 Å². The average molecular weight is 664 g/mol. The van der Waals surface area contributed by atoms with Crippen LogP contribution in [0.1, 0.15) is 26.3 Å². The van der Waals surface area contributed by atoms with Gasteiger partial charge in [-0.25, -0.2) is 0 Å². The van der Waals surface area contributed by atoms with Crippen molar-refractivity contribution < 1.29 is 24.2 Å². The zero-order valence-corrected chi connectivity index (χ0v) is 26.6. The summed E-state index contributed by atoms with van der Waals surface area (Å²) < 4.78 is 11.2. The molecule has 0 radical (unpaired) electrons. The first-order valence-corrected chi connectivity index (χ1v) is 15.6. The maximum Gasteiger partial charge on any atom is 0.251 e. The van der Waals surface area contributed by atoms with E-state index in [0.717, 1.165) is 5.56 Å². The highest BCUT2D eigenvalue weighted by atomic mass is 16.5. The molecule has 0 atom stereocenters. The Hall–Kier alpha value is -6.12. The van der Waals surface area contributed by atoms with Gasteiger partial charge in [-0.15, -0.1) is 0 Å². The molecule has 0 fully saturated rings. The Kier molecular flexibility index (Phi) is 12.8. The molecule has 49 heavy (non-hydrogen) atoms. The molecule has 14 heteroatoms. The number of rotatable bonds is 18. The Bertz CT molecular complexity index is 1760. The van der Waals surface area contributed by atoms with Gasteiger partial charge in [-0.05, 0) is 78.4 Å². The Morgan fingerprint density at radius 1 is 0.592 bits per heavy atom. The molecule has 0 unspecified atom stereocenters. The quantitative estimate of drug-likeness (QED) is 0.0579. The van der Waals surface area contributed by atoms with Gasteiger partial charge in [0.15, 0.2) is 0 Å². The molecule has 252 valence electrons. The van der Waals surface area contributed by atoms with Gasteiger partial charge in [0.05, 0.1) is 26.4 Å². The number of hydrogen-bond donors (Lipinski definition) is 6. The first-order valence-electron chi connectivity index (χ1n) is 15.6. The molecule has 0 bridgehead atoms. The van der Waals surface area contributed by atoms with Gasteiger partial charge in [-0.2, -0.15) is 15.0 Å². The molecule has 2 amide bonds. The van der Waals surface area contributed by atoms with E-state index in [1.807, 2.05) is 30.3 Å². The molecule has 6 N–H and O–H groups in total. The van der Waals surface area contributed by atoms with Crippen molar-refractivity contribution in [1.29, 1.82) is 0 Å². The van der Waals surface area contributed by atoms with E-state index in [0.29, 0.717) is 74.5 Å². The topological polar surface area (TPSA) is 185 Å². The number of hydrogen-bond acceptors (Lipinski definition) is 12. The van der Waals surface area contributed by atoms with Crippen molar-refractivity contribution in [3.05, 3.63) is 120 Å². The molecule has 0 saturated carbocycles. The van der Waals surface area contributed by atoms with Crippen molar-refractivity contribution in [2.24, 2.45) is 0 Å². The predicted molar refractivity (Wildman–Crippen MR) is 185 cm³/mol. The molecule has 3 aromatic carbocycles. The van der Waals surface area contributed by atoms with Crippen LogP contribution in [0.4, 0.5) is 29.2 Å². The van der Waals surface area contributed by atoms with Crippen LogP contribution in [-0.2, 0) is 16.0 Å². The Balaban J connectivity index is 1.09. The molecular formula is C35H37N9O5. The number of nitrogens with zero attached hydrogens (tertiary/aromatic N) is 4. The molecule has 5 rings (SSSR count).